The van der Waals surface area contributed by atoms with E-state index in [1.54, 1.807) is 6.07 Å². The van der Waals surface area contributed by atoms with Crippen molar-refractivity contribution in [3.8, 4) is 11.3 Å². The van der Waals surface area contributed by atoms with Crippen LogP contribution in [0.1, 0.15) is 16.1 Å². The highest BCUT2D eigenvalue weighted by Crippen LogP contribution is 2.22. The number of H-pyrrole nitrogens is 1. The van der Waals surface area contributed by atoms with E-state index in [0.717, 1.165) is 11.3 Å². The van der Waals surface area contributed by atoms with Crippen molar-refractivity contribution in [1.82, 2.24) is 4.98 Å². The van der Waals surface area contributed by atoms with E-state index >= 15 is 0 Å². The van der Waals surface area contributed by atoms with Gasteiger partial charge >= 0.3 is 5.97 Å². The van der Waals surface area contributed by atoms with Gasteiger partial charge in [0.05, 0.1) is 13.7 Å². The Balaban J connectivity index is 2.45. The number of ether oxygens (including phenoxy) is 1. The molecule has 1 aromatic heterocycles. The third kappa shape index (κ3) is 2.21. The summed E-state index contributed by atoms with van der Waals surface area (Å²) in [5.74, 6) is -0.476. The molecule has 0 saturated heterocycles. The summed E-state index contributed by atoms with van der Waals surface area (Å²) in [6, 6.07) is 11.3. The van der Waals surface area contributed by atoms with Gasteiger partial charge in [0.2, 0.25) is 0 Å². The summed E-state index contributed by atoms with van der Waals surface area (Å²) < 4.78 is 4.65. The fourth-order valence-electron chi connectivity index (χ4n) is 1.68. The van der Waals surface area contributed by atoms with Gasteiger partial charge in [-0.1, -0.05) is 30.3 Å². The Hall–Kier alpha value is -2.07. The van der Waals surface area contributed by atoms with Gasteiger partial charge in [-0.3, -0.25) is 0 Å². The number of methoxy groups -OCH3 is 1. The number of hydrogen-bond acceptors (Lipinski definition) is 3. The number of aliphatic hydroxyl groups excluding tert-OH is 1. The molecule has 0 aliphatic carbocycles. The molecule has 4 nitrogen and oxygen atoms in total. The number of hydrogen-bond donors (Lipinski definition) is 2. The lowest BCUT2D eigenvalue weighted by atomic mass is 10.1. The maximum Gasteiger partial charge on any atom is 0.354 e. The molecular weight excluding hydrogens is 218 g/mol. The van der Waals surface area contributed by atoms with Crippen LogP contribution in [-0.2, 0) is 11.3 Å². The predicted octanol–water partition coefficient (Wildman–Crippen LogP) is 1.96. The van der Waals surface area contributed by atoms with Crippen molar-refractivity contribution in [3.05, 3.63) is 47.7 Å². The highest BCUT2D eigenvalue weighted by atomic mass is 16.5. The topological polar surface area (TPSA) is 62.3 Å². The Kier molecular flexibility index (Phi) is 3.25. The average molecular weight is 231 g/mol. The van der Waals surface area contributed by atoms with E-state index in [4.69, 9.17) is 0 Å². The number of aromatic nitrogens is 1. The van der Waals surface area contributed by atoms with Crippen molar-refractivity contribution in [3.63, 3.8) is 0 Å². The summed E-state index contributed by atoms with van der Waals surface area (Å²) in [5.41, 5.74) is 2.58. The first kappa shape index (κ1) is 11.4. The monoisotopic (exact) mass is 231 g/mol. The van der Waals surface area contributed by atoms with Gasteiger partial charge < -0.3 is 14.8 Å². The van der Waals surface area contributed by atoms with Crippen LogP contribution >= 0.6 is 0 Å². The third-order valence-corrected chi connectivity index (χ3v) is 2.54. The van der Waals surface area contributed by atoms with E-state index in [1.807, 2.05) is 30.3 Å². The first-order chi connectivity index (χ1) is 8.26. The molecule has 2 rings (SSSR count). The van der Waals surface area contributed by atoms with Crippen LogP contribution in [0.3, 0.4) is 0 Å². The molecule has 0 aliphatic heterocycles. The van der Waals surface area contributed by atoms with Crippen LogP contribution in [-0.4, -0.2) is 23.2 Å². The summed E-state index contributed by atoms with van der Waals surface area (Å²) in [6.45, 7) is -0.201. The van der Waals surface area contributed by atoms with Crippen LogP contribution in [0.15, 0.2) is 36.4 Å². The van der Waals surface area contributed by atoms with Crippen LogP contribution in [0.5, 0.6) is 0 Å². The Morgan fingerprint density at radius 2 is 2.06 bits per heavy atom. The average Bonchev–Trinajstić information content (AvgIpc) is 2.83. The number of aromatic amines is 1. The van der Waals surface area contributed by atoms with Crippen LogP contribution in [0.25, 0.3) is 11.3 Å². The van der Waals surface area contributed by atoms with Gasteiger partial charge in [-0.15, -0.1) is 0 Å². The van der Waals surface area contributed by atoms with Crippen LogP contribution < -0.4 is 0 Å². The summed E-state index contributed by atoms with van der Waals surface area (Å²) in [6.07, 6.45) is 0. The Morgan fingerprint density at radius 1 is 1.35 bits per heavy atom. The molecule has 1 heterocycles. The second kappa shape index (κ2) is 4.84. The summed E-state index contributed by atoms with van der Waals surface area (Å²) in [4.78, 5) is 14.4. The van der Waals surface area contributed by atoms with E-state index < -0.39 is 5.97 Å². The molecular formula is C13H13NO3. The molecule has 2 aromatic rings. The maximum atomic E-state index is 11.5. The van der Waals surface area contributed by atoms with Crippen molar-refractivity contribution in [2.75, 3.05) is 7.11 Å². The Labute approximate surface area is 98.9 Å². The molecule has 0 aliphatic rings. The van der Waals surface area contributed by atoms with E-state index in [2.05, 4.69) is 9.72 Å². The summed E-state index contributed by atoms with van der Waals surface area (Å²) in [7, 11) is 1.31. The largest absolute Gasteiger partial charge is 0.464 e. The van der Waals surface area contributed by atoms with E-state index in [9.17, 15) is 9.90 Å². The van der Waals surface area contributed by atoms with Gasteiger partial charge in [-0.05, 0) is 11.6 Å². The summed E-state index contributed by atoms with van der Waals surface area (Å²) >= 11 is 0. The van der Waals surface area contributed by atoms with Crippen LogP contribution in [0.4, 0.5) is 0 Å². The van der Waals surface area contributed by atoms with Crippen molar-refractivity contribution in [2.45, 2.75) is 6.61 Å². The molecule has 0 atom stereocenters. The predicted molar refractivity (Wildman–Crippen MR) is 63.5 cm³/mol. The van der Waals surface area contributed by atoms with Gasteiger partial charge in [0, 0.05) is 11.3 Å². The maximum absolute atomic E-state index is 11.5. The SMILES string of the molecule is COC(=O)c1[nH]c(-c2ccccc2)cc1CO. The quantitative estimate of drug-likeness (QED) is 0.794. The van der Waals surface area contributed by atoms with Gasteiger partial charge in [0.15, 0.2) is 0 Å². The minimum atomic E-state index is -0.476. The highest BCUT2D eigenvalue weighted by molar-refractivity contribution is 5.90. The minimum Gasteiger partial charge on any atom is -0.464 e. The lowest BCUT2D eigenvalue weighted by Gasteiger charge is -1.98. The van der Waals surface area contributed by atoms with Crippen molar-refractivity contribution in [2.24, 2.45) is 0 Å². The number of nitrogens with one attached hydrogen (secondary N) is 1. The van der Waals surface area contributed by atoms with Gasteiger partial charge in [0.25, 0.3) is 0 Å². The van der Waals surface area contributed by atoms with Gasteiger partial charge in [0.1, 0.15) is 5.69 Å². The number of aliphatic hydroxyl groups is 1. The van der Waals surface area contributed by atoms with E-state index in [1.165, 1.54) is 7.11 Å². The highest BCUT2D eigenvalue weighted by Gasteiger charge is 2.15. The van der Waals surface area contributed by atoms with E-state index in [0.29, 0.717) is 11.3 Å². The molecule has 0 fully saturated rings. The van der Waals surface area contributed by atoms with Gasteiger partial charge in [-0.2, -0.15) is 0 Å². The fraction of sp³-hybridized carbons (Fsp3) is 0.154. The van der Waals surface area contributed by atoms with Crippen molar-refractivity contribution >= 4 is 5.97 Å². The first-order valence-corrected chi connectivity index (χ1v) is 5.22. The molecule has 2 N–H and O–H groups in total. The standard InChI is InChI=1S/C13H13NO3/c1-17-13(16)12-10(8-15)7-11(14-12)9-5-3-2-4-6-9/h2-7,14-15H,8H2,1H3. The first-order valence-electron chi connectivity index (χ1n) is 5.22. The molecule has 0 saturated carbocycles. The fourth-order valence-corrected chi connectivity index (χ4v) is 1.68. The lowest BCUT2D eigenvalue weighted by molar-refractivity contribution is 0.0591. The van der Waals surface area contributed by atoms with Crippen LogP contribution in [0.2, 0.25) is 0 Å². The van der Waals surface area contributed by atoms with Crippen molar-refractivity contribution < 1.29 is 14.6 Å². The molecule has 0 spiro atoms. The second-order valence-electron chi connectivity index (χ2n) is 3.60. The van der Waals surface area contributed by atoms with Gasteiger partial charge in [-0.25, -0.2) is 4.79 Å². The second-order valence-corrected chi connectivity index (χ2v) is 3.60. The zero-order chi connectivity index (χ0) is 12.3. The van der Waals surface area contributed by atoms with Crippen LogP contribution in [0, 0.1) is 0 Å². The number of benzene rings is 1. The number of carbonyl (C=O) groups excluding carboxylic acids is 1. The lowest BCUT2D eigenvalue weighted by Crippen LogP contribution is -2.04. The molecule has 4 heteroatoms. The smallest absolute Gasteiger partial charge is 0.354 e. The zero-order valence-electron chi connectivity index (χ0n) is 9.43. The normalized spacial score (nSPS) is 10.2. The molecule has 0 amide bonds. The Morgan fingerprint density at radius 3 is 2.65 bits per heavy atom. The number of rotatable bonds is 3. The molecule has 88 valence electrons. The minimum absolute atomic E-state index is 0.201. The molecule has 0 bridgehead atoms. The number of carbonyl (C=O) groups is 1. The summed E-state index contributed by atoms with van der Waals surface area (Å²) in [5, 5.41) is 9.20. The van der Waals surface area contributed by atoms with E-state index in [-0.39, 0.29) is 6.61 Å². The molecule has 1 aromatic carbocycles. The number of esters is 1. The molecule has 0 radical (unpaired) electrons. The molecule has 17 heavy (non-hydrogen) atoms. The third-order valence-electron chi connectivity index (χ3n) is 2.54. The Bertz CT molecular complexity index is 517. The molecule has 0 unspecified atom stereocenters. The van der Waals surface area contributed by atoms with Crippen molar-refractivity contribution in [1.29, 1.82) is 0 Å². The zero-order valence-corrected chi connectivity index (χ0v) is 9.43.